The summed E-state index contributed by atoms with van der Waals surface area (Å²) in [7, 11) is -3.72. The molecule has 1 heterocycles. The second kappa shape index (κ2) is 7.12. The molecule has 0 aliphatic heterocycles. The third-order valence-electron chi connectivity index (χ3n) is 5.12. The highest BCUT2D eigenvalue weighted by molar-refractivity contribution is 7.89. The van der Waals surface area contributed by atoms with Crippen LogP contribution >= 0.6 is 0 Å². The van der Waals surface area contributed by atoms with Crippen molar-refractivity contribution in [2.45, 2.75) is 76.7 Å². The Morgan fingerprint density at radius 2 is 1.58 bits per heavy atom. The Morgan fingerprint density at radius 3 is 2.08 bits per heavy atom. The van der Waals surface area contributed by atoms with Crippen molar-refractivity contribution in [1.29, 1.82) is 0 Å². The van der Waals surface area contributed by atoms with Crippen LogP contribution in [-0.4, -0.2) is 18.6 Å². The van der Waals surface area contributed by atoms with Gasteiger partial charge in [-0.15, -0.1) is 0 Å². The van der Waals surface area contributed by atoms with Crippen LogP contribution in [0.15, 0.2) is 21.6 Å². The fourth-order valence-electron chi connectivity index (χ4n) is 4.10. The van der Waals surface area contributed by atoms with Gasteiger partial charge in [-0.2, -0.15) is 9.71 Å². The van der Waals surface area contributed by atoms with Crippen LogP contribution in [-0.2, 0) is 15.6 Å². The van der Waals surface area contributed by atoms with Gasteiger partial charge in [0.25, 0.3) is 0 Å². The maximum atomic E-state index is 13.4. The number of nitrogens with one attached hydrogen (secondary N) is 1. The molecule has 3 rings (SSSR count). The van der Waals surface area contributed by atoms with Gasteiger partial charge in [-0.3, -0.25) is 0 Å². The maximum absolute atomic E-state index is 13.4. The van der Waals surface area contributed by atoms with Crippen molar-refractivity contribution in [3.05, 3.63) is 40.5 Å². The number of nitrogens with zero attached hydrogens (tertiary/aromatic N) is 2. The summed E-state index contributed by atoms with van der Waals surface area (Å²) in [4.78, 5) is 4.73. The van der Waals surface area contributed by atoms with Crippen LogP contribution < -0.4 is 4.72 Å². The molecular formula is C19H27N3O3S. The summed E-state index contributed by atoms with van der Waals surface area (Å²) in [5, 5.41) is 4.08. The molecule has 0 amide bonds. The SMILES string of the molecule is Cc1cc(C)c(S(=O)(=O)NC2(c3noc(C)n3)CCCCCC2)c(C)c1. The van der Waals surface area contributed by atoms with Gasteiger partial charge >= 0.3 is 0 Å². The summed E-state index contributed by atoms with van der Waals surface area (Å²) in [5.41, 5.74) is 1.75. The van der Waals surface area contributed by atoms with Gasteiger partial charge in [-0.05, 0) is 44.7 Å². The Labute approximate surface area is 155 Å². The summed E-state index contributed by atoms with van der Waals surface area (Å²) in [5.74, 6) is 0.897. The zero-order valence-electron chi connectivity index (χ0n) is 15.9. The third-order valence-corrected chi connectivity index (χ3v) is 6.96. The zero-order valence-corrected chi connectivity index (χ0v) is 16.7. The highest BCUT2D eigenvalue weighted by Gasteiger charge is 2.41. The molecule has 1 aliphatic carbocycles. The van der Waals surface area contributed by atoms with E-state index < -0.39 is 15.6 Å². The van der Waals surface area contributed by atoms with E-state index in [1.165, 1.54) is 0 Å². The molecule has 6 nitrogen and oxygen atoms in total. The highest BCUT2D eigenvalue weighted by atomic mass is 32.2. The highest BCUT2D eigenvalue weighted by Crippen LogP contribution is 2.36. The quantitative estimate of drug-likeness (QED) is 0.819. The monoisotopic (exact) mass is 377 g/mol. The summed E-state index contributed by atoms with van der Waals surface area (Å²) in [6.07, 6.45) is 5.39. The van der Waals surface area contributed by atoms with E-state index in [0.29, 0.717) is 29.5 Å². The number of sulfonamides is 1. The van der Waals surface area contributed by atoms with E-state index in [-0.39, 0.29) is 0 Å². The lowest BCUT2D eigenvalue weighted by Crippen LogP contribution is -2.46. The van der Waals surface area contributed by atoms with E-state index in [1.54, 1.807) is 6.92 Å². The molecule has 7 heteroatoms. The van der Waals surface area contributed by atoms with Crippen molar-refractivity contribution < 1.29 is 12.9 Å². The Balaban J connectivity index is 2.06. The van der Waals surface area contributed by atoms with Crippen LogP contribution in [0, 0.1) is 27.7 Å². The topological polar surface area (TPSA) is 85.1 Å². The van der Waals surface area contributed by atoms with Crippen molar-refractivity contribution >= 4 is 10.0 Å². The normalized spacial score (nSPS) is 17.8. The minimum absolute atomic E-state index is 0.354. The Morgan fingerprint density at radius 1 is 1.00 bits per heavy atom. The van der Waals surface area contributed by atoms with Gasteiger partial charge in [0.2, 0.25) is 15.9 Å². The van der Waals surface area contributed by atoms with Crippen LogP contribution in [0.25, 0.3) is 0 Å². The van der Waals surface area contributed by atoms with Gasteiger partial charge in [-0.1, -0.05) is 48.5 Å². The van der Waals surface area contributed by atoms with E-state index in [9.17, 15) is 8.42 Å². The lowest BCUT2D eigenvalue weighted by Gasteiger charge is -2.31. The molecule has 1 aromatic carbocycles. The van der Waals surface area contributed by atoms with Gasteiger partial charge in [-0.25, -0.2) is 8.42 Å². The summed E-state index contributed by atoms with van der Waals surface area (Å²) < 4.78 is 34.9. The summed E-state index contributed by atoms with van der Waals surface area (Å²) in [6.45, 7) is 7.38. The Hall–Kier alpha value is -1.73. The number of aromatic nitrogens is 2. The van der Waals surface area contributed by atoms with Gasteiger partial charge in [0.1, 0.15) is 0 Å². The van der Waals surface area contributed by atoms with Gasteiger partial charge in [0.05, 0.1) is 10.4 Å². The van der Waals surface area contributed by atoms with Crippen molar-refractivity contribution in [3.8, 4) is 0 Å². The lowest BCUT2D eigenvalue weighted by atomic mass is 9.91. The average molecular weight is 378 g/mol. The van der Waals surface area contributed by atoms with Crippen LogP contribution in [0.1, 0.15) is 66.9 Å². The molecule has 0 unspecified atom stereocenters. The molecule has 0 saturated heterocycles. The molecule has 1 fully saturated rings. The second-order valence-corrected chi connectivity index (χ2v) is 9.09. The minimum Gasteiger partial charge on any atom is -0.340 e. The first-order valence-electron chi connectivity index (χ1n) is 9.16. The number of hydrogen-bond donors (Lipinski definition) is 1. The van der Waals surface area contributed by atoms with Gasteiger partial charge < -0.3 is 4.52 Å². The number of benzene rings is 1. The van der Waals surface area contributed by atoms with E-state index in [4.69, 9.17) is 4.52 Å². The number of hydrogen-bond acceptors (Lipinski definition) is 5. The Kier molecular flexibility index (Phi) is 5.21. The molecule has 1 aliphatic rings. The van der Waals surface area contributed by atoms with Gasteiger partial charge in [0, 0.05) is 6.92 Å². The fourth-order valence-corrected chi connectivity index (χ4v) is 5.97. The van der Waals surface area contributed by atoms with Crippen molar-refractivity contribution in [2.24, 2.45) is 0 Å². The van der Waals surface area contributed by atoms with Crippen molar-refractivity contribution in [2.75, 3.05) is 0 Å². The average Bonchev–Trinajstić information content (AvgIpc) is 2.82. The summed E-state index contributed by atoms with van der Waals surface area (Å²) in [6, 6.07) is 3.81. The van der Waals surface area contributed by atoms with E-state index in [0.717, 1.165) is 42.4 Å². The smallest absolute Gasteiger partial charge is 0.242 e. The van der Waals surface area contributed by atoms with Crippen molar-refractivity contribution in [1.82, 2.24) is 14.9 Å². The predicted octanol–water partition coefficient (Wildman–Crippen LogP) is 3.83. The molecule has 2 aromatic rings. The second-order valence-electron chi connectivity index (χ2n) is 7.47. The van der Waals surface area contributed by atoms with Crippen LogP contribution in [0.2, 0.25) is 0 Å². The first-order valence-corrected chi connectivity index (χ1v) is 10.6. The van der Waals surface area contributed by atoms with Crippen LogP contribution in [0.3, 0.4) is 0 Å². The molecule has 1 saturated carbocycles. The standard InChI is InChI=1S/C19H27N3O3S/c1-13-11-14(2)17(15(3)12-13)26(23,24)22-19(9-7-5-6-8-10-19)18-20-16(4)25-21-18/h11-12,22H,5-10H2,1-4H3. The maximum Gasteiger partial charge on any atom is 0.242 e. The molecular weight excluding hydrogens is 350 g/mol. The van der Waals surface area contributed by atoms with E-state index in [2.05, 4.69) is 14.9 Å². The first kappa shape index (κ1) is 19.0. The predicted molar refractivity (Wildman–Crippen MR) is 99.4 cm³/mol. The van der Waals surface area contributed by atoms with Crippen LogP contribution in [0.5, 0.6) is 0 Å². The fraction of sp³-hybridized carbons (Fsp3) is 0.579. The Bertz CT molecular complexity index is 871. The van der Waals surface area contributed by atoms with E-state index >= 15 is 0 Å². The van der Waals surface area contributed by atoms with Crippen LogP contribution in [0.4, 0.5) is 0 Å². The zero-order chi connectivity index (χ0) is 18.9. The molecule has 0 spiro atoms. The summed E-state index contributed by atoms with van der Waals surface area (Å²) >= 11 is 0. The largest absolute Gasteiger partial charge is 0.340 e. The first-order chi connectivity index (χ1) is 12.2. The molecule has 0 bridgehead atoms. The molecule has 0 atom stereocenters. The molecule has 0 radical (unpaired) electrons. The number of aryl methyl sites for hydroxylation is 4. The van der Waals surface area contributed by atoms with Gasteiger partial charge in [0.15, 0.2) is 5.82 Å². The molecule has 1 aromatic heterocycles. The minimum atomic E-state index is -3.72. The molecule has 142 valence electrons. The number of rotatable bonds is 4. The molecule has 1 N–H and O–H groups in total. The van der Waals surface area contributed by atoms with E-state index in [1.807, 2.05) is 32.9 Å². The molecule has 26 heavy (non-hydrogen) atoms. The third kappa shape index (κ3) is 3.69. The lowest BCUT2D eigenvalue weighted by molar-refractivity contribution is 0.301. The van der Waals surface area contributed by atoms with Crippen molar-refractivity contribution in [3.63, 3.8) is 0 Å².